The number of carbonyl (C=O) groups excluding carboxylic acids is 1. The summed E-state index contributed by atoms with van der Waals surface area (Å²) in [5.41, 5.74) is 1.98. The lowest BCUT2D eigenvalue weighted by Crippen LogP contribution is -2.30. The van der Waals surface area contributed by atoms with E-state index < -0.39 is 0 Å². The van der Waals surface area contributed by atoms with Crippen molar-refractivity contribution in [3.8, 4) is 5.75 Å². The molecule has 1 fully saturated rings. The highest BCUT2D eigenvalue weighted by molar-refractivity contribution is 8.00. The summed E-state index contributed by atoms with van der Waals surface area (Å²) in [4.78, 5) is 17.8. The van der Waals surface area contributed by atoms with Gasteiger partial charge in [0.25, 0.3) is 0 Å². The van der Waals surface area contributed by atoms with E-state index in [0.717, 1.165) is 34.1 Å². The number of carbonyl (C=O) groups is 1. The standard InChI is InChI=1S/C20H19ClN4O2S2/c1-13(26)25(17-5-6-17)19-23-24-20(29-19)28-12-15-9-16(21)4-7-18(15)27-11-14-3-2-8-22-10-14/h2-4,7-10,17H,5-6,11-12H2,1H3. The lowest BCUT2D eigenvalue weighted by molar-refractivity contribution is -0.116. The fourth-order valence-corrected chi connectivity index (χ4v) is 4.95. The summed E-state index contributed by atoms with van der Waals surface area (Å²) in [7, 11) is 0. The Labute approximate surface area is 182 Å². The van der Waals surface area contributed by atoms with Gasteiger partial charge in [-0.15, -0.1) is 10.2 Å². The summed E-state index contributed by atoms with van der Waals surface area (Å²) in [5, 5.41) is 9.79. The highest BCUT2D eigenvalue weighted by Gasteiger charge is 2.34. The van der Waals surface area contributed by atoms with E-state index in [1.165, 1.54) is 11.3 Å². The number of anilines is 1. The summed E-state index contributed by atoms with van der Waals surface area (Å²) in [6, 6.07) is 9.74. The maximum atomic E-state index is 11.9. The lowest BCUT2D eigenvalue weighted by atomic mass is 10.2. The minimum atomic E-state index is 0.0149. The molecule has 0 aliphatic heterocycles. The van der Waals surface area contributed by atoms with Crippen molar-refractivity contribution in [1.29, 1.82) is 0 Å². The minimum absolute atomic E-state index is 0.0149. The van der Waals surface area contributed by atoms with Gasteiger partial charge in [-0.2, -0.15) is 0 Å². The molecule has 0 saturated heterocycles. The zero-order chi connectivity index (χ0) is 20.2. The Hall–Kier alpha value is -2.16. The third-order valence-electron chi connectivity index (χ3n) is 4.34. The number of thioether (sulfide) groups is 1. The molecule has 0 radical (unpaired) electrons. The number of nitrogens with zero attached hydrogens (tertiary/aromatic N) is 4. The average molecular weight is 447 g/mol. The van der Waals surface area contributed by atoms with Crippen LogP contribution in [0.25, 0.3) is 0 Å². The normalized spacial score (nSPS) is 13.3. The smallest absolute Gasteiger partial charge is 0.225 e. The molecule has 1 aromatic carbocycles. The van der Waals surface area contributed by atoms with E-state index in [2.05, 4.69) is 15.2 Å². The molecule has 4 rings (SSSR count). The summed E-state index contributed by atoms with van der Waals surface area (Å²) in [6.45, 7) is 2.01. The van der Waals surface area contributed by atoms with Crippen molar-refractivity contribution in [3.63, 3.8) is 0 Å². The Morgan fingerprint density at radius 1 is 1.34 bits per heavy atom. The molecule has 1 saturated carbocycles. The number of benzene rings is 1. The number of aromatic nitrogens is 3. The fourth-order valence-electron chi connectivity index (χ4n) is 2.82. The monoisotopic (exact) mass is 446 g/mol. The molecule has 0 atom stereocenters. The number of rotatable bonds is 8. The van der Waals surface area contributed by atoms with Gasteiger partial charge in [-0.05, 0) is 37.1 Å². The number of ether oxygens (including phenoxy) is 1. The molecule has 2 aromatic heterocycles. The van der Waals surface area contributed by atoms with Crippen molar-refractivity contribution >= 4 is 45.7 Å². The molecule has 0 unspecified atom stereocenters. The topological polar surface area (TPSA) is 68.2 Å². The molecule has 1 aliphatic carbocycles. The van der Waals surface area contributed by atoms with E-state index in [-0.39, 0.29) is 11.9 Å². The van der Waals surface area contributed by atoms with Crippen LogP contribution in [0.3, 0.4) is 0 Å². The molecular formula is C20H19ClN4O2S2. The van der Waals surface area contributed by atoms with Crippen LogP contribution in [0.1, 0.15) is 30.9 Å². The van der Waals surface area contributed by atoms with E-state index in [4.69, 9.17) is 16.3 Å². The van der Waals surface area contributed by atoms with Crippen LogP contribution in [-0.2, 0) is 17.2 Å². The highest BCUT2D eigenvalue weighted by Crippen LogP contribution is 2.37. The van der Waals surface area contributed by atoms with Gasteiger partial charge in [0.2, 0.25) is 11.0 Å². The van der Waals surface area contributed by atoms with Gasteiger partial charge in [-0.3, -0.25) is 14.7 Å². The molecule has 0 N–H and O–H groups in total. The predicted molar refractivity (Wildman–Crippen MR) is 116 cm³/mol. The Kier molecular flexibility index (Phi) is 6.32. The molecule has 150 valence electrons. The number of hydrogen-bond donors (Lipinski definition) is 0. The minimum Gasteiger partial charge on any atom is -0.489 e. The Bertz CT molecular complexity index is 995. The van der Waals surface area contributed by atoms with Gasteiger partial charge in [-0.25, -0.2) is 0 Å². The second-order valence-electron chi connectivity index (χ2n) is 6.66. The van der Waals surface area contributed by atoms with Crippen LogP contribution in [-0.4, -0.2) is 27.1 Å². The van der Waals surface area contributed by atoms with Gasteiger partial charge in [0.1, 0.15) is 12.4 Å². The molecule has 3 aromatic rings. The molecule has 9 heteroatoms. The first kappa shape index (κ1) is 20.1. The Morgan fingerprint density at radius 3 is 2.93 bits per heavy atom. The second-order valence-corrected chi connectivity index (χ2v) is 9.28. The van der Waals surface area contributed by atoms with E-state index in [1.807, 2.05) is 30.3 Å². The molecule has 29 heavy (non-hydrogen) atoms. The maximum absolute atomic E-state index is 11.9. The van der Waals surface area contributed by atoms with E-state index in [0.29, 0.717) is 22.5 Å². The lowest BCUT2D eigenvalue weighted by Gasteiger charge is -2.15. The maximum Gasteiger partial charge on any atom is 0.225 e. The highest BCUT2D eigenvalue weighted by atomic mass is 35.5. The van der Waals surface area contributed by atoms with Gasteiger partial charge < -0.3 is 4.74 Å². The van der Waals surface area contributed by atoms with Gasteiger partial charge in [0.05, 0.1) is 0 Å². The van der Waals surface area contributed by atoms with Crippen LogP contribution in [0.15, 0.2) is 47.1 Å². The molecule has 0 spiro atoms. The molecular weight excluding hydrogens is 428 g/mol. The van der Waals surface area contributed by atoms with Gasteiger partial charge >= 0.3 is 0 Å². The van der Waals surface area contributed by atoms with Crippen LogP contribution in [0.5, 0.6) is 5.75 Å². The molecule has 1 aliphatic rings. The first-order valence-electron chi connectivity index (χ1n) is 9.16. The van der Waals surface area contributed by atoms with Gasteiger partial charge in [0, 0.05) is 47.3 Å². The van der Waals surface area contributed by atoms with Crippen molar-refractivity contribution in [3.05, 3.63) is 58.9 Å². The van der Waals surface area contributed by atoms with Crippen LogP contribution in [0.2, 0.25) is 5.02 Å². The number of halogens is 1. The van der Waals surface area contributed by atoms with Crippen LogP contribution >= 0.6 is 34.7 Å². The second kappa shape index (κ2) is 9.11. The quantitative estimate of drug-likeness (QED) is 0.359. The predicted octanol–water partition coefficient (Wildman–Crippen LogP) is 4.97. The van der Waals surface area contributed by atoms with Crippen molar-refractivity contribution in [1.82, 2.24) is 15.2 Å². The summed E-state index contributed by atoms with van der Waals surface area (Å²) >= 11 is 9.19. The van der Waals surface area contributed by atoms with Gasteiger partial charge in [-0.1, -0.05) is 40.8 Å². The third kappa shape index (κ3) is 5.26. The van der Waals surface area contributed by atoms with Crippen LogP contribution < -0.4 is 9.64 Å². The van der Waals surface area contributed by atoms with Crippen molar-refractivity contribution in [2.75, 3.05) is 4.90 Å². The van der Waals surface area contributed by atoms with Crippen molar-refractivity contribution in [2.24, 2.45) is 0 Å². The summed E-state index contributed by atoms with van der Waals surface area (Å²) in [5.74, 6) is 1.43. The Morgan fingerprint density at radius 2 is 2.21 bits per heavy atom. The number of amides is 1. The average Bonchev–Trinajstić information content (AvgIpc) is 3.43. The molecule has 2 heterocycles. The van der Waals surface area contributed by atoms with Gasteiger partial charge in [0.15, 0.2) is 4.34 Å². The van der Waals surface area contributed by atoms with Crippen molar-refractivity contribution in [2.45, 2.75) is 42.5 Å². The third-order valence-corrected chi connectivity index (χ3v) is 6.68. The van der Waals surface area contributed by atoms with Crippen LogP contribution in [0, 0.1) is 0 Å². The molecule has 6 nitrogen and oxygen atoms in total. The number of pyridine rings is 1. The number of hydrogen-bond acceptors (Lipinski definition) is 7. The van der Waals surface area contributed by atoms with Crippen molar-refractivity contribution < 1.29 is 9.53 Å². The Balaban J connectivity index is 1.43. The van der Waals surface area contributed by atoms with E-state index in [1.54, 1.807) is 36.0 Å². The molecule has 1 amide bonds. The van der Waals surface area contributed by atoms with E-state index >= 15 is 0 Å². The largest absolute Gasteiger partial charge is 0.489 e. The zero-order valence-electron chi connectivity index (χ0n) is 15.7. The fraction of sp³-hybridized carbons (Fsp3) is 0.300. The first-order valence-corrected chi connectivity index (χ1v) is 11.3. The van der Waals surface area contributed by atoms with E-state index in [9.17, 15) is 4.79 Å². The SMILES string of the molecule is CC(=O)N(c1nnc(SCc2cc(Cl)ccc2OCc2cccnc2)s1)C1CC1. The van der Waals surface area contributed by atoms with Crippen LogP contribution in [0.4, 0.5) is 5.13 Å². The first-order chi connectivity index (χ1) is 14.1. The molecule has 0 bridgehead atoms. The summed E-state index contributed by atoms with van der Waals surface area (Å²) < 4.78 is 6.79. The summed E-state index contributed by atoms with van der Waals surface area (Å²) in [6.07, 6.45) is 5.58. The zero-order valence-corrected chi connectivity index (χ0v) is 18.1.